The second kappa shape index (κ2) is 8.14. The molecule has 2 aliphatic heterocycles. The second-order valence-corrected chi connectivity index (χ2v) is 7.03. The molecule has 0 aromatic heterocycles. The Bertz CT molecular complexity index is 513. The zero-order chi connectivity index (χ0) is 17.8. The first kappa shape index (κ1) is 18.1. The first-order valence-electron chi connectivity index (χ1n) is 9.18. The van der Waals surface area contributed by atoms with Gasteiger partial charge in [-0.25, -0.2) is 0 Å². The molecule has 0 aromatic rings. The standard InChI is InChI=1S/C17H28N4O4/c1-13(22)20-4-6-21(7-5-20)17(24)15-12-14(15)16(23)18-2-3-19-8-10-25-11-9-19/h14-15H,2-12H2,1H3,(H,18,23). The lowest BCUT2D eigenvalue weighted by atomic mass is 10.2. The molecule has 0 aromatic carbocycles. The second-order valence-electron chi connectivity index (χ2n) is 7.03. The van der Waals surface area contributed by atoms with Crippen LogP contribution in [0.1, 0.15) is 13.3 Å². The Kier molecular flexibility index (Phi) is 5.90. The molecule has 3 fully saturated rings. The number of amides is 3. The summed E-state index contributed by atoms with van der Waals surface area (Å²) >= 11 is 0. The Morgan fingerprint density at radius 2 is 1.60 bits per heavy atom. The lowest BCUT2D eigenvalue weighted by molar-refractivity contribution is -0.140. The van der Waals surface area contributed by atoms with Gasteiger partial charge >= 0.3 is 0 Å². The number of nitrogens with zero attached hydrogens (tertiary/aromatic N) is 3. The van der Waals surface area contributed by atoms with Gasteiger partial charge in [0.05, 0.1) is 25.0 Å². The number of ether oxygens (including phenoxy) is 1. The molecule has 1 saturated carbocycles. The Labute approximate surface area is 148 Å². The fourth-order valence-corrected chi connectivity index (χ4v) is 3.53. The summed E-state index contributed by atoms with van der Waals surface area (Å²) in [6.07, 6.45) is 0.648. The molecule has 2 atom stereocenters. The first-order valence-corrected chi connectivity index (χ1v) is 9.18. The van der Waals surface area contributed by atoms with Crippen LogP contribution in [0.2, 0.25) is 0 Å². The van der Waals surface area contributed by atoms with E-state index in [0.717, 1.165) is 32.8 Å². The van der Waals surface area contributed by atoms with Crippen molar-refractivity contribution in [3.8, 4) is 0 Å². The minimum Gasteiger partial charge on any atom is -0.379 e. The van der Waals surface area contributed by atoms with Crippen LogP contribution in [0.4, 0.5) is 0 Å². The van der Waals surface area contributed by atoms with Crippen LogP contribution in [0.5, 0.6) is 0 Å². The number of carbonyl (C=O) groups is 3. The van der Waals surface area contributed by atoms with Gasteiger partial charge in [-0.1, -0.05) is 0 Å². The fourth-order valence-electron chi connectivity index (χ4n) is 3.53. The number of piperazine rings is 1. The summed E-state index contributed by atoms with van der Waals surface area (Å²) in [6.45, 7) is 8.64. The third-order valence-electron chi connectivity index (χ3n) is 5.31. The number of morpholine rings is 1. The average molecular weight is 352 g/mol. The summed E-state index contributed by atoms with van der Waals surface area (Å²) in [5.41, 5.74) is 0. The molecule has 3 amide bonds. The lowest BCUT2D eigenvalue weighted by Gasteiger charge is -2.34. The van der Waals surface area contributed by atoms with Crippen LogP contribution in [0.15, 0.2) is 0 Å². The maximum atomic E-state index is 12.5. The predicted molar refractivity (Wildman–Crippen MR) is 90.7 cm³/mol. The van der Waals surface area contributed by atoms with E-state index in [1.165, 1.54) is 0 Å². The topological polar surface area (TPSA) is 82.2 Å². The summed E-state index contributed by atoms with van der Waals surface area (Å²) in [6, 6.07) is 0. The third kappa shape index (κ3) is 4.70. The van der Waals surface area contributed by atoms with Crippen LogP contribution in [0.3, 0.4) is 0 Å². The highest BCUT2D eigenvalue weighted by molar-refractivity contribution is 5.92. The number of hydrogen-bond acceptors (Lipinski definition) is 5. The Morgan fingerprint density at radius 1 is 0.960 bits per heavy atom. The van der Waals surface area contributed by atoms with Gasteiger partial charge in [0, 0.05) is 59.3 Å². The smallest absolute Gasteiger partial charge is 0.226 e. The van der Waals surface area contributed by atoms with Gasteiger partial charge in [-0.05, 0) is 6.42 Å². The van der Waals surface area contributed by atoms with Crippen LogP contribution in [0, 0.1) is 11.8 Å². The van der Waals surface area contributed by atoms with Crippen LogP contribution < -0.4 is 5.32 Å². The van der Waals surface area contributed by atoms with Crippen LogP contribution >= 0.6 is 0 Å². The number of hydrogen-bond donors (Lipinski definition) is 1. The highest BCUT2D eigenvalue weighted by Gasteiger charge is 2.49. The van der Waals surface area contributed by atoms with Crippen molar-refractivity contribution in [3.05, 3.63) is 0 Å². The van der Waals surface area contributed by atoms with Gasteiger partial charge in [-0.2, -0.15) is 0 Å². The molecule has 1 aliphatic carbocycles. The van der Waals surface area contributed by atoms with E-state index in [9.17, 15) is 14.4 Å². The maximum Gasteiger partial charge on any atom is 0.226 e. The number of nitrogens with one attached hydrogen (secondary N) is 1. The lowest BCUT2D eigenvalue weighted by Crippen LogP contribution is -2.50. The van der Waals surface area contributed by atoms with Crippen molar-refractivity contribution in [1.29, 1.82) is 0 Å². The van der Waals surface area contributed by atoms with Crippen LogP contribution in [-0.4, -0.2) is 98.0 Å². The summed E-state index contributed by atoms with van der Waals surface area (Å²) < 4.78 is 5.30. The van der Waals surface area contributed by atoms with Gasteiger partial charge in [0.2, 0.25) is 17.7 Å². The van der Waals surface area contributed by atoms with Crippen LogP contribution in [0.25, 0.3) is 0 Å². The van der Waals surface area contributed by atoms with Gasteiger partial charge in [-0.15, -0.1) is 0 Å². The minimum absolute atomic E-state index is 0.00557. The Morgan fingerprint density at radius 3 is 2.24 bits per heavy atom. The quantitative estimate of drug-likeness (QED) is 0.669. The average Bonchev–Trinajstić information content (AvgIpc) is 3.43. The summed E-state index contributed by atoms with van der Waals surface area (Å²) in [5, 5.41) is 2.96. The molecule has 1 N–H and O–H groups in total. The van der Waals surface area contributed by atoms with E-state index in [4.69, 9.17) is 4.74 Å². The molecule has 140 valence electrons. The summed E-state index contributed by atoms with van der Waals surface area (Å²) in [5.74, 6) is -0.239. The molecule has 2 heterocycles. The van der Waals surface area contributed by atoms with Crippen molar-refractivity contribution < 1.29 is 19.1 Å². The number of carbonyl (C=O) groups excluding carboxylic acids is 3. The molecule has 8 nitrogen and oxygen atoms in total. The normalized spacial score (nSPS) is 27.1. The molecule has 3 rings (SSSR count). The predicted octanol–water partition coefficient (Wildman–Crippen LogP) is -1.24. The molecule has 3 aliphatic rings. The van der Waals surface area contributed by atoms with E-state index in [1.807, 2.05) is 0 Å². The molecule has 8 heteroatoms. The molecule has 0 bridgehead atoms. The van der Waals surface area contributed by atoms with Crippen molar-refractivity contribution >= 4 is 17.7 Å². The maximum absolute atomic E-state index is 12.5. The molecule has 0 spiro atoms. The summed E-state index contributed by atoms with van der Waals surface area (Å²) in [4.78, 5) is 41.9. The molecule has 2 saturated heterocycles. The van der Waals surface area contributed by atoms with Crippen LogP contribution in [-0.2, 0) is 19.1 Å². The van der Waals surface area contributed by atoms with Gasteiger partial charge in [0.25, 0.3) is 0 Å². The zero-order valence-electron chi connectivity index (χ0n) is 14.9. The zero-order valence-corrected chi connectivity index (χ0v) is 14.9. The summed E-state index contributed by atoms with van der Waals surface area (Å²) in [7, 11) is 0. The van der Waals surface area contributed by atoms with Crippen molar-refractivity contribution in [2.75, 3.05) is 65.6 Å². The van der Waals surface area contributed by atoms with Crippen molar-refractivity contribution in [1.82, 2.24) is 20.0 Å². The highest BCUT2D eigenvalue weighted by Crippen LogP contribution is 2.40. The van der Waals surface area contributed by atoms with Crippen molar-refractivity contribution in [2.45, 2.75) is 13.3 Å². The molecule has 2 unspecified atom stereocenters. The van der Waals surface area contributed by atoms with Crippen molar-refractivity contribution in [3.63, 3.8) is 0 Å². The minimum atomic E-state index is -0.178. The Hall–Kier alpha value is -1.67. The van der Waals surface area contributed by atoms with E-state index in [0.29, 0.717) is 39.1 Å². The van der Waals surface area contributed by atoms with Gasteiger partial charge in [0.1, 0.15) is 0 Å². The van der Waals surface area contributed by atoms with Crippen molar-refractivity contribution in [2.24, 2.45) is 11.8 Å². The van der Waals surface area contributed by atoms with Gasteiger partial charge in [0.15, 0.2) is 0 Å². The Balaban J connectivity index is 1.34. The van der Waals surface area contributed by atoms with E-state index in [-0.39, 0.29) is 29.6 Å². The van der Waals surface area contributed by atoms with E-state index >= 15 is 0 Å². The SMILES string of the molecule is CC(=O)N1CCN(C(=O)C2CC2C(=O)NCCN2CCOCC2)CC1. The van der Waals surface area contributed by atoms with Gasteiger partial charge in [-0.3, -0.25) is 19.3 Å². The van der Waals surface area contributed by atoms with E-state index in [1.54, 1.807) is 16.7 Å². The first-order chi connectivity index (χ1) is 12.1. The fraction of sp³-hybridized carbons (Fsp3) is 0.824. The monoisotopic (exact) mass is 352 g/mol. The van der Waals surface area contributed by atoms with E-state index in [2.05, 4.69) is 10.2 Å². The third-order valence-corrected chi connectivity index (χ3v) is 5.31. The largest absolute Gasteiger partial charge is 0.379 e. The highest BCUT2D eigenvalue weighted by atomic mass is 16.5. The van der Waals surface area contributed by atoms with E-state index < -0.39 is 0 Å². The van der Waals surface area contributed by atoms with Gasteiger partial charge < -0.3 is 19.9 Å². The molecule has 0 radical (unpaired) electrons. The molecular formula is C17H28N4O4. The molecule has 25 heavy (non-hydrogen) atoms. The molecular weight excluding hydrogens is 324 g/mol. The number of rotatable bonds is 5.